The molecule has 5 nitrogen and oxygen atoms in total. The van der Waals surface area contributed by atoms with Crippen molar-refractivity contribution in [1.82, 2.24) is 10.6 Å². The third-order valence-corrected chi connectivity index (χ3v) is 2.86. The van der Waals surface area contributed by atoms with Gasteiger partial charge in [-0.15, -0.1) is 0 Å². The normalized spacial score (nSPS) is 22.4. The first-order valence-corrected chi connectivity index (χ1v) is 5.43. The standard InChI is InChI=1S/C11H20N2O3/c1-10(2)5-7(10)12-9(16)13-11(3,4)6-8(14)15/h7H,5-6H2,1-4H3,(H,14,15)(H2,12,13,16). The minimum Gasteiger partial charge on any atom is -0.481 e. The molecule has 0 spiro atoms. The molecule has 92 valence electrons. The topological polar surface area (TPSA) is 78.4 Å². The number of carboxylic acids is 1. The summed E-state index contributed by atoms with van der Waals surface area (Å²) in [5.41, 5.74) is -0.552. The van der Waals surface area contributed by atoms with Crippen LogP contribution in [0.25, 0.3) is 0 Å². The second-order valence-electron chi connectivity index (χ2n) is 5.80. The molecule has 0 bridgehead atoms. The van der Waals surface area contributed by atoms with Crippen molar-refractivity contribution in [2.45, 2.75) is 52.1 Å². The van der Waals surface area contributed by atoms with Gasteiger partial charge in [0.1, 0.15) is 0 Å². The summed E-state index contributed by atoms with van der Waals surface area (Å²) in [6, 6.07) is -0.0880. The molecule has 0 aromatic carbocycles. The first kappa shape index (κ1) is 12.8. The Balaban J connectivity index is 2.36. The van der Waals surface area contributed by atoms with Crippen LogP contribution in [-0.2, 0) is 4.79 Å². The van der Waals surface area contributed by atoms with Gasteiger partial charge in [-0.1, -0.05) is 13.8 Å². The number of amides is 2. The molecule has 1 aliphatic carbocycles. The molecule has 1 atom stereocenters. The molecular weight excluding hydrogens is 208 g/mol. The number of carboxylic acid groups (broad SMARTS) is 1. The quantitative estimate of drug-likeness (QED) is 0.679. The van der Waals surface area contributed by atoms with Crippen LogP contribution in [0.1, 0.15) is 40.5 Å². The van der Waals surface area contributed by atoms with Crippen molar-refractivity contribution >= 4 is 12.0 Å². The van der Waals surface area contributed by atoms with E-state index in [1.54, 1.807) is 13.8 Å². The fourth-order valence-electron chi connectivity index (χ4n) is 1.64. The van der Waals surface area contributed by atoms with Crippen molar-refractivity contribution < 1.29 is 14.7 Å². The molecule has 1 rings (SSSR count). The van der Waals surface area contributed by atoms with E-state index in [9.17, 15) is 9.59 Å². The maximum Gasteiger partial charge on any atom is 0.315 e. The van der Waals surface area contributed by atoms with E-state index < -0.39 is 11.5 Å². The zero-order valence-electron chi connectivity index (χ0n) is 10.3. The molecule has 1 unspecified atom stereocenters. The maximum atomic E-state index is 11.6. The lowest BCUT2D eigenvalue weighted by Gasteiger charge is -2.24. The van der Waals surface area contributed by atoms with Gasteiger partial charge in [-0.25, -0.2) is 4.79 Å². The number of carbonyl (C=O) groups excluding carboxylic acids is 1. The number of hydrogen-bond donors (Lipinski definition) is 3. The molecule has 0 radical (unpaired) electrons. The van der Waals surface area contributed by atoms with Crippen molar-refractivity contribution in [3.63, 3.8) is 0 Å². The number of nitrogens with one attached hydrogen (secondary N) is 2. The lowest BCUT2D eigenvalue weighted by atomic mass is 10.0. The highest BCUT2D eigenvalue weighted by Gasteiger charge is 2.46. The largest absolute Gasteiger partial charge is 0.481 e. The fraction of sp³-hybridized carbons (Fsp3) is 0.818. The summed E-state index contributed by atoms with van der Waals surface area (Å²) >= 11 is 0. The van der Waals surface area contributed by atoms with Crippen LogP contribution in [0, 0.1) is 5.41 Å². The Morgan fingerprint density at radius 1 is 1.44 bits per heavy atom. The Morgan fingerprint density at radius 2 is 1.94 bits per heavy atom. The van der Waals surface area contributed by atoms with Crippen molar-refractivity contribution in [2.75, 3.05) is 0 Å². The molecule has 1 saturated carbocycles. The van der Waals surface area contributed by atoms with E-state index in [1.165, 1.54) is 0 Å². The molecule has 16 heavy (non-hydrogen) atoms. The van der Waals surface area contributed by atoms with Gasteiger partial charge < -0.3 is 15.7 Å². The minimum atomic E-state index is -0.919. The molecule has 0 aromatic rings. The van der Waals surface area contributed by atoms with Crippen molar-refractivity contribution in [1.29, 1.82) is 0 Å². The smallest absolute Gasteiger partial charge is 0.315 e. The van der Waals surface area contributed by atoms with E-state index in [-0.39, 0.29) is 23.9 Å². The van der Waals surface area contributed by atoms with E-state index in [2.05, 4.69) is 24.5 Å². The number of carbonyl (C=O) groups is 2. The van der Waals surface area contributed by atoms with Gasteiger partial charge in [0.2, 0.25) is 0 Å². The summed E-state index contributed by atoms with van der Waals surface area (Å²) in [6.45, 7) is 7.55. The Morgan fingerprint density at radius 3 is 2.31 bits per heavy atom. The Bertz CT molecular complexity index is 310. The number of hydrogen-bond acceptors (Lipinski definition) is 2. The van der Waals surface area contributed by atoms with E-state index in [4.69, 9.17) is 5.11 Å². The molecule has 2 amide bonds. The van der Waals surface area contributed by atoms with Crippen LogP contribution < -0.4 is 10.6 Å². The molecule has 0 saturated heterocycles. The van der Waals surface area contributed by atoms with Gasteiger partial charge in [-0.2, -0.15) is 0 Å². The molecule has 0 aliphatic heterocycles. The molecule has 0 aromatic heterocycles. The molecular formula is C11H20N2O3. The minimum absolute atomic E-state index is 0.0888. The number of aliphatic carboxylic acids is 1. The predicted molar refractivity (Wildman–Crippen MR) is 60.2 cm³/mol. The van der Waals surface area contributed by atoms with Crippen LogP contribution in [0.15, 0.2) is 0 Å². The zero-order chi connectivity index (χ0) is 12.6. The summed E-state index contributed by atoms with van der Waals surface area (Å²) in [5, 5.41) is 14.2. The Labute approximate surface area is 95.6 Å². The van der Waals surface area contributed by atoms with Crippen molar-refractivity contribution in [3.05, 3.63) is 0 Å². The molecule has 3 N–H and O–H groups in total. The molecule has 1 fully saturated rings. The Kier molecular flexibility index (Phi) is 3.17. The van der Waals surface area contributed by atoms with Gasteiger partial charge >= 0.3 is 12.0 Å². The average molecular weight is 228 g/mol. The van der Waals surface area contributed by atoms with Crippen LogP contribution in [0.3, 0.4) is 0 Å². The SMILES string of the molecule is CC(C)(CC(=O)O)NC(=O)NC1CC1(C)C. The van der Waals surface area contributed by atoms with E-state index in [0.29, 0.717) is 0 Å². The van der Waals surface area contributed by atoms with Gasteiger partial charge in [0.25, 0.3) is 0 Å². The second kappa shape index (κ2) is 3.96. The van der Waals surface area contributed by atoms with Gasteiger partial charge in [-0.3, -0.25) is 4.79 Å². The molecule has 1 aliphatic rings. The summed E-state index contributed by atoms with van der Waals surface area (Å²) in [7, 11) is 0. The lowest BCUT2D eigenvalue weighted by Crippen LogP contribution is -2.50. The van der Waals surface area contributed by atoms with E-state index in [0.717, 1.165) is 6.42 Å². The van der Waals surface area contributed by atoms with Gasteiger partial charge in [0, 0.05) is 11.6 Å². The third-order valence-electron chi connectivity index (χ3n) is 2.86. The van der Waals surface area contributed by atoms with Gasteiger partial charge in [-0.05, 0) is 25.7 Å². The van der Waals surface area contributed by atoms with Crippen LogP contribution in [0.5, 0.6) is 0 Å². The average Bonchev–Trinajstić information content (AvgIpc) is 2.51. The maximum absolute atomic E-state index is 11.6. The second-order valence-corrected chi connectivity index (χ2v) is 5.80. The van der Waals surface area contributed by atoms with Gasteiger partial charge in [0.15, 0.2) is 0 Å². The van der Waals surface area contributed by atoms with Gasteiger partial charge in [0.05, 0.1) is 6.42 Å². The highest BCUT2D eigenvalue weighted by Crippen LogP contribution is 2.44. The highest BCUT2D eigenvalue weighted by molar-refractivity contribution is 5.77. The molecule has 5 heteroatoms. The van der Waals surface area contributed by atoms with Crippen LogP contribution in [0.4, 0.5) is 4.79 Å². The fourth-order valence-corrected chi connectivity index (χ4v) is 1.64. The van der Waals surface area contributed by atoms with E-state index in [1.807, 2.05) is 0 Å². The first-order chi connectivity index (χ1) is 7.12. The van der Waals surface area contributed by atoms with Crippen molar-refractivity contribution in [3.8, 4) is 0 Å². The van der Waals surface area contributed by atoms with Crippen LogP contribution in [-0.4, -0.2) is 28.7 Å². The monoisotopic (exact) mass is 228 g/mol. The predicted octanol–water partition coefficient (Wildman–Crippen LogP) is 1.34. The van der Waals surface area contributed by atoms with Crippen molar-refractivity contribution in [2.24, 2.45) is 5.41 Å². The Hall–Kier alpha value is -1.26. The zero-order valence-corrected chi connectivity index (χ0v) is 10.3. The van der Waals surface area contributed by atoms with Crippen LogP contribution in [0.2, 0.25) is 0 Å². The third kappa shape index (κ3) is 3.72. The van der Waals surface area contributed by atoms with E-state index >= 15 is 0 Å². The molecule has 0 heterocycles. The first-order valence-electron chi connectivity index (χ1n) is 5.43. The lowest BCUT2D eigenvalue weighted by molar-refractivity contribution is -0.138. The summed E-state index contributed by atoms with van der Waals surface area (Å²) in [5.74, 6) is -0.919. The number of urea groups is 1. The number of rotatable bonds is 4. The summed E-state index contributed by atoms with van der Waals surface area (Å²) in [6.07, 6.45) is 0.883. The summed E-state index contributed by atoms with van der Waals surface area (Å²) < 4.78 is 0. The van der Waals surface area contributed by atoms with Crippen LogP contribution >= 0.6 is 0 Å². The highest BCUT2D eigenvalue weighted by atomic mass is 16.4. The summed E-state index contributed by atoms with van der Waals surface area (Å²) in [4.78, 5) is 22.1.